The molecule has 0 aromatic heterocycles. The van der Waals surface area contributed by atoms with Crippen LogP contribution in [-0.2, 0) is 14.3 Å². The lowest BCUT2D eigenvalue weighted by Gasteiger charge is -2.37. The van der Waals surface area contributed by atoms with Gasteiger partial charge in [0.05, 0.1) is 10.8 Å². The molecule has 1 unspecified atom stereocenters. The summed E-state index contributed by atoms with van der Waals surface area (Å²) in [4.78, 5) is 24.9. The number of nitrogens with one attached hydrogen (secondary N) is 2. The third-order valence-electron chi connectivity index (χ3n) is 6.83. The maximum Gasteiger partial charge on any atom is 0.407 e. The first-order chi connectivity index (χ1) is 19.1. The van der Waals surface area contributed by atoms with Crippen LogP contribution in [0.4, 0.5) is 4.79 Å². The summed E-state index contributed by atoms with van der Waals surface area (Å²) in [5.41, 5.74) is 2.69. The number of rotatable bonds is 13. The fraction of sp³-hybridized carbons (Fsp3) is 0.394. The molecule has 0 spiro atoms. The Labute approximate surface area is 242 Å². The summed E-state index contributed by atoms with van der Waals surface area (Å²) in [6.45, 7) is 9.64. The smallest absolute Gasteiger partial charge is 0.407 e. The molecule has 3 aromatic rings. The van der Waals surface area contributed by atoms with Crippen molar-refractivity contribution >= 4 is 23.8 Å². The topological polar surface area (TPSA) is 87.7 Å². The Bertz CT molecular complexity index is 1100. The minimum atomic E-state index is -0.898. The maximum atomic E-state index is 12.9. The molecule has 0 aliphatic rings. The molecule has 0 bridgehead atoms. The molecule has 3 N–H and O–H groups in total. The number of carbonyl (C=O) groups is 2. The highest BCUT2D eigenvalue weighted by molar-refractivity contribution is 8.00. The van der Waals surface area contributed by atoms with Crippen LogP contribution in [-0.4, -0.2) is 47.2 Å². The molecule has 40 heavy (non-hydrogen) atoms. The number of aliphatic carboxylic acids is 1. The summed E-state index contributed by atoms with van der Waals surface area (Å²) in [5.74, 6) is -0.466. The van der Waals surface area contributed by atoms with E-state index in [0.717, 1.165) is 23.1 Å². The second kappa shape index (κ2) is 14.4. The van der Waals surface area contributed by atoms with Crippen LogP contribution in [0.15, 0.2) is 91.0 Å². The standard InChI is InChI=1S/C33H42N2O4S/c1-6-24(2)29(30(36)37)34-22-28(35-31(38)39-32(3,4)5)23-40-33(25-16-10-7-11-17-25,26-18-12-8-13-19-26)27-20-14-9-15-21-27/h7-21,24,28-29,34H,6,22-23H2,1-5H3,(H,35,38)(H,36,37)/t24?,28-,29+/m1/s1. The van der Waals surface area contributed by atoms with Crippen LogP contribution < -0.4 is 10.6 Å². The van der Waals surface area contributed by atoms with Crippen molar-refractivity contribution in [2.75, 3.05) is 12.3 Å². The molecule has 0 saturated heterocycles. The van der Waals surface area contributed by atoms with Gasteiger partial charge in [-0.05, 0) is 43.4 Å². The van der Waals surface area contributed by atoms with Gasteiger partial charge < -0.3 is 20.5 Å². The summed E-state index contributed by atoms with van der Waals surface area (Å²) in [5, 5.41) is 16.1. The van der Waals surface area contributed by atoms with Crippen molar-refractivity contribution < 1.29 is 19.4 Å². The van der Waals surface area contributed by atoms with Crippen molar-refractivity contribution in [3.63, 3.8) is 0 Å². The number of carboxylic acids is 1. The zero-order valence-corrected chi connectivity index (χ0v) is 24.9. The molecule has 0 aliphatic heterocycles. The first-order valence-corrected chi connectivity index (χ1v) is 14.8. The molecule has 3 rings (SSSR count). The highest BCUT2D eigenvalue weighted by Crippen LogP contribution is 2.48. The first-order valence-electron chi connectivity index (χ1n) is 13.8. The van der Waals surface area contributed by atoms with Gasteiger partial charge in [-0.15, -0.1) is 11.8 Å². The van der Waals surface area contributed by atoms with E-state index in [1.54, 1.807) is 11.8 Å². The first kappa shape index (κ1) is 31.2. The number of carbonyl (C=O) groups excluding carboxylic acids is 1. The van der Waals surface area contributed by atoms with E-state index in [-0.39, 0.29) is 12.5 Å². The van der Waals surface area contributed by atoms with Crippen LogP contribution in [0.3, 0.4) is 0 Å². The van der Waals surface area contributed by atoms with Crippen LogP contribution in [0.5, 0.6) is 0 Å². The van der Waals surface area contributed by atoms with Gasteiger partial charge in [0.15, 0.2) is 0 Å². The summed E-state index contributed by atoms with van der Waals surface area (Å²) < 4.78 is 5.00. The van der Waals surface area contributed by atoms with E-state index >= 15 is 0 Å². The fourth-order valence-corrected chi connectivity index (χ4v) is 6.22. The summed E-state index contributed by atoms with van der Waals surface area (Å²) >= 11 is 1.71. The van der Waals surface area contributed by atoms with E-state index in [2.05, 4.69) is 47.0 Å². The Kier molecular flexibility index (Phi) is 11.2. The lowest BCUT2D eigenvalue weighted by molar-refractivity contribution is -0.140. The molecule has 6 nitrogen and oxygen atoms in total. The number of ether oxygens (including phenoxy) is 1. The van der Waals surface area contributed by atoms with Crippen LogP contribution >= 0.6 is 11.8 Å². The molecule has 0 fully saturated rings. The molecule has 3 atom stereocenters. The number of alkyl carbamates (subject to hydrolysis) is 1. The molecule has 0 aliphatic carbocycles. The molecule has 0 radical (unpaired) electrons. The van der Waals surface area contributed by atoms with E-state index in [4.69, 9.17) is 4.74 Å². The maximum absolute atomic E-state index is 12.9. The van der Waals surface area contributed by atoms with Gasteiger partial charge in [-0.3, -0.25) is 4.79 Å². The third kappa shape index (κ3) is 8.35. The van der Waals surface area contributed by atoms with Gasteiger partial charge in [-0.1, -0.05) is 111 Å². The number of carboxylic acid groups (broad SMARTS) is 1. The average Bonchev–Trinajstić information content (AvgIpc) is 2.93. The Morgan fingerprint density at radius 1 is 0.850 bits per heavy atom. The second-order valence-electron chi connectivity index (χ2n) is 11.0. The Balaban J connectivity index is 2.01. The van der Waals surface area contributed by atoms with Crippen molar-refractivity contribution in [1.29, 1.82) is 0 Å². The van der Waals surface area contributed by atoms with Gasteiger partial charge in [0, 0.05) is 12.3 Å². The number of amides is 1. The van der Waals surface area contributed by atoms with Gasteiger partial charge in [-0.2, -0.15) is 0 Å². The Hall–Kier alpha value is -3.29. The molecule has 3 aromatic carbocycles. The van der Waals surface area contributed by atoms with Crippen LogP contribution in [0.25, 0.3) is 0 Å². The van der Waals surface area contributed by atoms with E-state index in [9.17, 15) is 14.7 Å². The minimum absolute atomic E-state index is 0.0654. The van der Waals surface area contributed by atoms with Gasteiger partial charge in [0.2, 0.25) is 0 Å². The number of thioether (sulfide) groups is 1. The third-order valence-corrected chi connectivity index (χ3v) is 8.54. The lowest BCUT2D eigenvalue weighted by atomic mass is 9.84. The Morgan fingerprint density at radius 3 is 1.68 bits per heavy atom. The predicted octanol–water partition coefficient (Wildman–Crippen LogP) is 6.69. The lowest BCUT2D eigenvalue weighted by Crippen LogP contribution is -2.51. The van der Waals surface area contributed by atoms with E-state index in [0.29, 0.717) is 5.75 Å². The SMILES string of the molecule is CCC(C)[C@H](NC[C@H](CSC(c1ccccc1)(c1ccccc1)c1ccccc1)NC(=O)OC(C)(C)C)C(=O)O. The van der Waals surface area contributed by atoms with Gasteiger partial charge >= 0.3 is 12.1 Å². The van der Waals surface area contributed by atoms with E-state index < -0.39 is 34.5 Å². The molecule has 0 heterocycles. The Morgan fingerprint density at radius 2 is 1.30 bits per heavy atom. The van der Waals surface area contributed by atoms with Crippen molar-refractivity contribution in [3.05, 3.63) is 108 Å². The van der Waals surface area contributed by atoms with Gasteiger partial charge in [0.25, 0.3) is 0 Å². The van der Waals surface area contributed by atoms with Crippen LogP contribution in [0.1, 0.15) is 57.7 Å². The number of hydrogen-bond acceptors (Lipinski definition) is 5. The fourth-order valence-electron chi connectivity index (χ4n) is 4.66. The second-order valence-corrected chi connectivity index (χ2v) is 12.3. The number of benzene rings is 3. The average molecular weight is 563 g/mol. The molecule has 0 saturated carbocycles. The van der Waals surface area contributed by atoms with E-state index in [1.807, 2.05) is 89.2 Å². The van der Waals surface area contributed by atoms with Crippen molar-refractivity contribution in [2.24, 2.45) is 5.92 Å². The van der Waals surface area contributed by atoms with Crippen molar-refractivity contribution in [2.45, 2.75) is 63.5 Å². The van der Waals surface area contributed by atoms with Crippen LogP contribution in [0, 0.1) is 5.92 Å². The monoisotopic (exact) mass is 562 g/mol. The van der Waals surface area contributed by atoms with Gasteiger partial charge in [-0.25, -0.2) is 4.79 Å². The summed E-state index contributed by atoms with van der Waals surface area (Å²) in [6, 6.07) is 29.9. The van der Waals surface area contributed by atoms with Crippen molar-refractivity contribution in [1.82, 2.24) is 10.6 Å². The van der Waals surface area contributed by atoms with Gasteiger partial charge in [0.1, 0.15) is 11.6 Å². The highest BCUT2D eigenvalue weighted by atomic mass is 32.2. The summed E-state index contributed by atoms with van der Waals surface area (Å²) in [6.07, 6.45) is 0.196. The van der Waals surface area contributed by atoms with Crippen molar-refractivity contribution in [3.8, 4) is 0 Å². The highest BCUT2D eigenvalue weighted by Gasteiger charge is 2.38. The molecular formula is C33H42N2O4S. The quantitative estimate of drug-likeness (QED) is 0.201. The van der Waals surface area contributed by atoms with Crippen LogP contribution in [0.2, 0.25) is 0 Å². The minimum Gasteiger partial charge on any atom is -0.480 e. The molecule has 1 amide bonds. The molecule has 214 valence electrons. The zero-order chi connectivity index (χ0) is 29.2. The van der Waals surface area contributed by atoms with E-state index in [1.165, 1.54) is 0 Å². The predicted molar refractivity (Wildman–Crippen MR) is 164 cm³/mol. The summed E-state index contributed by atoms with van der Waals surface area (Å²) in [7, 11) is 0. The molecular weight excluding hydrogens is 520 g/mol. The normalized spacial score (nSPS) is 14.1. The largest absolute Gasteiger partial charge is 0.480 e. The zero-order valence-electron chi connectivity index (χ0n) is 24.1. The number of hydrogen-bond donors (Lipinski definition) is 3. The molecule has 7 heteroatoms.